The molecule has 1 rings (SSSR count). The van der Waals surface area contributed by atoms with Gasteiger partial charge >= 0.3 is 29.6 Å². The average Bonchev–Trinajstić information content (AvgIpc) is 2.64. The topological polar surface area (TPSA) is 63.6 Å². The van der Waals surface area contributed by atoms with Gasteiger partial charge < -0.3 is 4.74 Å². The molecule has 0 atom stereocenters. The summed E-state index contributed by atoms with van der Waals surface area (Å²) < 4.78 is 36.5. The maximum absolute atomic E-state index is 11.0. The molecular weight excluding hydrogens is 383 g/mol. The molecule has 1 N–H and O–H groups in total. The van der Waals surface area contributed by atoms with Gasteiger partial charge in [0.2, 0.25) is 0 Å². The van der Waals surface area contributed by atoms with Crippen molar-refractivity contribution in [3.8, 4) is 5.75 Å². The molecule has 0 aliphatic carbocycles. The Morgan fingerprint density at radius 1 is 0.714 bits per heavy atom. The second-order valence-electron chi connectivity index (χ2n) is 7.39. The zero-order valence-corrected chi connectivity index (χ0v) is 17.8. The van der Waals surface area contributed by atoms with E-state index in [1.165, 1.54) is 95.6 Å². The number of hydrogen-bond acceptors (Lipinski definition) is 3. The van der Waals surface area contributed by atoms with E-state index in [2.05, 4.69) is 6.92 Å². The van der Waals surface area contributed by atoms with Crippen molar-refractivity contribution in [2.45, 2.75) is 102 Å². The predicted octanol–water partition coefficient (Wildman–Crippen LogP) is 6.14. The number of hydrogen-bond donors (Lipinski definition) is 1. The summed E-state index contributed by atoms with van der Waals surface area (Å²) in [5.74, 6) is 0.636. The zero-order chi connectivity index (χ0) is 19.8. The van der Waals surface area contributed by atoms with Crippen LogP contribution >= 0.6 is 0 Å². The summed E-state index contributed by atoms with van der Waals surface area (Å²) in [7, 11) is -4.13. The van der Waals surface area contributed by atoms with Crippen LogP contribution in [0.15, 0.2) is 29.2 Å². The van der Waals surface area contributed by atoms with Gasteiger partial charge in [-0.25, -0.2) is 0 Å². The zero-order valence-electron chi connectivity index (χ0n) is 17.0. The molecule has 158 valence electrons. The van der Waals surface area contributed by atoms with Crippen LogP contribution in [0.5, 0.6) is 5.75 Å². The van der Waals surface area contributed by atoms with E-state index in [1.807, 2.05) is 0 Å². The van der Waals surface area contributed by atoms with E-state index in [0.717, 1.165) is 6.42 Å². The predicted molar refractivity (Wildman–Crippen MR) is 119 cm³/mol. The minimum atomic E-state index is -4.13. The van der Waals surface area contributed by atoms with Crippen molar-refractivity contribution < 1.29 is 17.7 Å². The Hall–Kier alpha value is -0.0700. The third kappa shape index (κ3) is 14.9. The van der Waals surface area contributed by atoms with E-state index in [9.17, 15) is 8.42 Å². The molecule has 0 bridgehead atoms. The second kappa shape index (κ2) is 17.8. The molecule has 0 aromatic heterocycles. The Kier molecular flexibility index (Phi) is 17.7. The summed E-state index contributed by atoms with van der Waals surface area (Å²) in [6.07, 6.45) is 18.6. The fourth-order valence-electron chi connectivity index (χ4n) is 3.19. The number of benzene rings is 1. The van der Waals surface area contributed by atoms with Gasteiger partial charge in [0.15, 0.2) is 0 Å². The molecule has 0 radical (unpaired) electrons. The van der Waals surface area contributed by atoms with Gasteiger partial charge in [0.1, 0.15) is 5.75 Å². The number of unbranched alkanes of at least 4 members (excludes halogenated alkanes) is 13. The SMILES string of the molecule is CCCCCCCCCCCCCCCCOc1ccc(S(=O)(=O)O)cc1.[NaH]. The molecule has 0 unspecified atom stereocenters. The fraction of sp³-hybridized carbons (Fsp3) is 0.727. The molecule has 4 nitrogen and oxygen atoms in total. The van der Waals surface area contributed by atoms with E-state index in [1.54, 1.807) is 12.1 Å². The van der Waals surface area contributed by atoms with Crippen LogP contribution in [0.1, 0.15) is 96.8 Å². The minimum absolute atomic E-state index is 0. The molecule has 0 spiro atoms. The standard InChI is InChI=1S/C22H38O4S.Na.H/c1-2-3-4-5-6-7-8-9-10-11-12-13-14-15-20-26-21-16-18-22(19-17-21)27(23,24)25;;/h16-19H,2-15,20H2,1H3,(H,23,24,25);;. The molecule has 0 amide bonds. The first-order valence-electron chi connectivity index (χ1n) is 10.7. The van der Waals surface area contributed by atoms with Crippen LogP contribution in [0, 0.1) is 0 Å². The summed E-state index contributed by atoms with van der Waals surface area (Å²) in [5, 5.41) is 0. The van der Waals surface area contributed by atoms with Gasteiger partial charge in [0.05, 0.1) is 11.5 Å². The molecule has 0 saturated carbocycles. The van der Waals surface area contributed by atoms with Crippen LogP contribution < -0.4 is 4.74 Å². The monoisotopic (exact) mass is 422 g/mol. The molecular formula is C22H39NaO4S. The van der Waals surface area contributed by atoms with Crippen molar-refractivity contribution in [1.82, 2.24) is 0 Å². The van der Waals surface area contributed by atoms with E-state index in [0.29, 0.717) is 12.4 Å². The van der Waals surface area contributed by atoms with Crippen LogP contribution in [0.4, 0.5) is 0 Å². The van der Waals surface area contributed by atoms with Gasteiger partial charge in [-0.05, 0) is 30.7 Å². The summed E-state index contributed by atoms with van der Waals surface area (Å²) >= 11 is 0. The van der Waals surface area contributed by atoms with Crippen molar-refractivity contribution in [2.24, 2.45) is 0 Å². The van der Waals surface area contributed by atoms with E-state index >= 15 is 0 Å². The summed E-state index contributed by atoms with van der Waals surface area (Å²) in [5.41, 5.74) is 0. The molecule has 1 aromatic carbocycles. The summed E-state index contributed by atoms with van der Waals surface area (Å²) in [6, 6.07) is 5.87. The third-order valence-corrected chi connectivity index (χ3v) is 5.76. The molecule has 28 heavy (non-hydrogen) atoms. The van der Waals surface area contributed by atoms with Gasteiger partial charge in [0, 0.05) is 0 Å². The first-order valence-corrected chi connectivity index (χ1v) is 12.2. The van der Waals surface area contributed by atoms with E-state index in [-0.39, 0.29) is 34.5 Å². The van der Waals surface area contributed by atoms with Crippen LogP contribution in [0.3, 0.4) is 0 Å². The summed E-state index contributed by atoms with van der Waals surface area (Å²) in [4.78, 5) is -0.105. The molecule has 0 aliphatic rings. The van der Waals surface area contributed by atoms with Gasteiger partial charge in [-0.3, -0.25) is 4.55 Å². The van der Waals surface area contributed by atoms with E-state index < -0.39 is 10.1 Å². The molecule has 0 saturated heterocycles. The Bertz CT molecular complexity index is 573. The average molecular weight is 423 g/mol. The molecule has 0 fully saturated rings. The third-order valence-electron chi connectivity index (χ3n) is 4.89. The van der Waals surface area contributed by atoms with Crippen LogP contribution in [-0.4, -0.2) is 49.1 Å². The van der Waals surface area contributed by atoms with Crippen molar-refractivity contribution >= 4 is 39.7 Å². The van der Waals surface area contributed by atoms with Crippen molar-refractivity contribution in [3.05, 3.63) is 24.3 Å². The van der Waals surface area contributed by atoms with Gasteiger partial charge in [0.25, 0.3) is 10.1 Å². The molecule has 1 aromatic rings. The quantitative estimate of drug-likeness (QED) is 0.186. The van der Waals surface area contributed by atoms with Crippen molar-refractivity contribution in [3.63, 3.8) is 0 Å². The Morgan fingerprint density at radius 2 is 1.11 bits per heavy atom. The van der Waals surface area contributed by atoms with Gasteiger partial charge in [-0.2, -0.15) is 8.42 Å². The van der Waals surface area contributed by atoms with Crippen molar-refractivity contribution in [2.75, 3.05) is 6.61 Å². The molecule has 0 heterocycles. The van der Waals surface area contributed by atoms with Gasteiger partial charge in [-0.15, -0.1) is 0 Å². The number of ether oxygens (including phenoxy) is 1. The summed E-state index contributed by atoms with van der Waals surface area (Å²) in [6.45, 7) is 2.91. The molecule has 0 aliphatic heterocycles. The van der Waals surface area contributed by atoms with Crippen molar-refractivity contribution in [1.29, 1.82) is 0 Å². The van der Waals surface area contributed by atoms with Gasteiger partial charge in [-0.1, -0.05) is 90.4 Å². The Labute approximate surface area is 194 Å². The Morgan fingerprint density at radius 3 is 1.50 bits per heavy atom. The van der Waals surface area contributed by atoms with E-state index in [4.69, 9.17) is 9.29 Å². The van der Waals surface area contributed by atoms with Crippen LogP contribution in [0.2, 0.25) is 0 Å². The van der Waals surface area contributed by atoms with Crippen LogP contribution in [0.25, 0.3) is 0 Å². The van der Waals surface area contributed by atoms with Crippen LogP contribution in [-0.2, 0) is 10.1 Å². The Balaban J connectivity index is 0.00000729. The number of rotatable bonds is 17. The fourth-order valence-corrected chi connectivity index (χ4v) is 3.67. The molecule has 6 heteroatoms. The second-order valence-corrected chi connectivity index (χ2v) is 8.81. The normalized spacial score (nSPS) is 11.2. The first-order chi connectivity index (χ1) is 13.0. The maximum atomic E-state index is 11.0. The first kappa shape index (κ1) is 27.9.